The summed E-state index contributed by atoms with van der Waals surface area (Å²) in [5.74, 6) is 1.19. The van der Waals surface area contributed by atoms with Gasteiger partial charge in [-0.25, -0.2) is 0 Å². The van der Waals surface area contributed by atoms with E-state index < -0.39 is 0 Å². The molecule has 1 unspecified atom stereocenters. The van der Waals surface area contributed by atoms with Crippen molar-refractivity contribution in [3.05, 3.63) is 29.8 Å². The first-order valence-electron chi connectivity index (χ1n) is 6.46. The molecule has 2 nitrogen and oxygen atoms in total. The van der Waals surface area contributed by atoms with Gasteiger partial charge in [0.15, 0.2) is 0 Å². The lowest BCUT2D eigenvalue weighted by atomic mass is 10.1. The van der Waals surface area contributed by atoms with E-state index in [2.05, 4.69) is 29.2 Å². The lowest BCUT2D eigenvalue weighted by molar-refractivity contribution is 0.362. The minimum atomic E-state index is 0.138. The van der Waals surface area contributed by atoms with Gasteiger partial charge in [-0.1, -0.05) is 12.1 Å². The molecule has 94 valence electrons. The normalized spacial score (nSPS) is 18.5. The number of hydrogen-bond acceptors (Lipinski definition) is 3. The van der Waals surface area contributed by atoms with Crippen LogP contribution in [0.3, 0.4) is 0 Å². The van der Waals surface area contributed by atoms with Crippen LogP contribution in [0.4, 0.5) is 0 Å². The molecule has 3 heteroatoms. The quantitative estimate of drug-likeness (QED) is 0.815. The van der Waals surface area contributed by atoms with Gasteiger partial charge in [-0.3, -0.25) is 0 Å². The maximum atomic E-state index is 5.83. The smallest absolute Gasteiger partial charge is 0.0266 e. The number of nitrogens with two attached hydrogens (primary N) is 1. The van der Waals surface area contributed by atoms with E-state index in [9.17, 15) is 0 Å². The van der Waals surface area contributed by atoms with Crippen LogP contribution >= 0.6 is 11.8 Å². The summed E-state index contributed by atoms with van der Waals surface area (Å²) in [5.41, 5.74) is 7.05. The van der Waals surface area contributed by atoms with Gasteiger partial charge in [0, 0.05) is 23.2 Å². The monoisotopic (exact) mass is 250 g/mol. The van der Waals surface area contributed by atoms with Crippen LogP contribution < -0.4 is 5.73 Å². The Bertz CT molecular complexity index is 329. The van der Waals surface area contributed by atoms with Gasteiger partial charge in [0.1, 0.15) is 0 Å². The summed E-state index contributed by atoms with van der Waals surface area (Å²) in [6, 6.07) is 8.80. The molecule has 1 fully saturated rings. The van der Waals surface area contributed by atoms with Crippen molar-refractivity contribution in [2.75, 3.05) is 25.4 Å². The Morgan fingerprint density at radius 2 is 1.88 bits per heavy atom. The minimum Gasteiger partial charge on any atom is -0.324 e. The van der Waals surface area contributed by atoms with Crippen molar-refractivity contribution >= 4 is 11.8 Å². The molecule has 0 bridgehead atoms. The van der Waals surface area contributed by atoms with Gasteiger partial charge in [0.05, 0.1) is 0 Å². The Labute approximate surface area is 109 Å². The third kappa shape index (κ3) is 4.02. The average Bonchev–Trinajstić information content (AvgIpc) is 2.83. The molecule has 0 aliphatic carbocycles. The molecule has 0 saturated carbocycles. The summed E-state index contributed by atoms with van der Waals surface area (Å²) < 4.78 is 0. The van der Waals surface area contributed by atoms with Gasteiger partial charge < -0.3 is 10.6 Å². The number of nitrogens with zero attached hydrogens (tertiary/aromatic N) is 1. The second-order valence-electron chi connectivity index (χ2n) is 4.75. The molecule has 1 aromatic rings. The highest BCUT2D eigenvalue weighted by Gasteiger charge is 2.10. The van der Waals surface area contributed by atoms with E-state index in [1.165, 1.54) is 48.7 Å². The summed E-state index contributed by atoms with van der Waals surface area (Å²) in [4.78, 5) is 3.91. The molecule has 1 saturated heterocycles. The maximum Gasteiger partial charge on any atom is 0.0266 e. The maximum absolute atomic E-state index is 5.83. The summed E-state index contributed by atoms with van der Waals surface area (Å²) in [5, 5.41) is 0. The molecule has 17 heavy (non-hydrogen) atoms. The molecular weight excluding hydrogens is 228 g/mol. The molecule has 0 spiro atoms. The molecule has 2 N–H and O–H groups in total. The summed E-state index contributed by atoms with van der Waals surface area (Å²) >= 11 is 1.95. The van der Waals surface area contributed by atoms with Crippen molar-refractivity contribution in [2.24, 2.45) is 5.73 Å². The van der Waals surface area contributed by atoms with Gasteiger partial charge in [-0.15, -0.1) is 11.8 Å². The molecule has 1 heterocycles. The highest BCUT2D eigenvalue weighted by Crippen LogP contribution is 2.21. The molecule has 0 amide bonds. The van der Waals surface area contributed by atoms with Crippen LogP contribution in [0, 0.1) is 0 Å². The zero-order valence-electron chi connectivity index (χ0n) is 10.6. The number of hydrogen-bond donors (Lipinski definition) is 1. The number of thioether (sulfide) groups is 1. The van der Waals surface area contributed by atoms with E-state index in [0.29, 0.717) is 0 Å². The molecule has 0 aromatic heterocycles. The summed E-state index contributed by atoms with van der Waals surface area (Å²) in [6.07, 6.45) is 2.77. The second kappa shape index (κ2) is 6.43. The Morgan fingerprint density at radius 1 is 1.24 bits per heavy atom. The Balaban J connectivity index is 1.74. The third-order valence-corrected chi connectivity index (χ3v) is 4.27. The largest absolute Gasteiger partial charge is 0.324 e. The molecule has 1 atom stereocenters. The predicted molar refractivity (Wildman–Crippen MR) is 75.4 cm³/mol. The van der Waals surface area contributed by atoms with Crippen molar-refractivity contribution in [2.45, 2.75) is 30.7 Å². The lowest BCUT2D eigenvalue weighted by Crippen LogP contribution is -2.21. The first-order valence-corrected chi connectivity index (χ1v) is 7.45. The fourth-order valence-corrected chi connectivity index (χ4v) is 3.08. The molecule has 1 aliphatic rings. The van der Waals surface area contributed by atoms with E-state index in [1.54, 1.807) is 0 Å². The van der Waals surface area contributed by atoms with Crippen LogP contribution in [0.1, 0.15) is 31.4 Å². The van der Waals surface area contributed by atoms with Gasteiger partial charge in [-0.05, 0) is 50.6 Å². The van der Waals surface area contributed by atoms with Gasteiger partial charge >= 0.3 is 0 Å². The van der Waals surface area contributed by atoms with Crippen LogP contribution in [0.5, 0.6) is 0 Å². The first-order chi connectivity index (χ1) is 8.25. The third-order valence-electron chi connectivity index (χ3n) is 3.28. The Morgan fingerprint density at radius 3 is 2.47 bits per heavy atom. The topological polar surface area (TPSA) is 29.3 Å². The molecule has 1 aromatic carbocycles. The van der Waals surface area contributed by atoms with Crippen molar-refractivity contribution in [3.63, 3.8) is 0 Å². The standard InChI is InChI=1S/C14H22N2S/c1-12(15)13-4-6-14(7-5-13)17-11-10-16-8-2-3-9-16/h4-7,12H,2-3,8-11,15H2,1H3. The van der Waals surface area contributed by atoms with Crippen molar-refractivity contribution in [3.8, 4) is 0 Å². The number of rotatable bonds is 5. The van der Waals surface area contributed by atoms with E-state index >= 15 is 0 Å². The van der Waals surface area contributed by atoms with Crippen LogP contribution in [-0.2, 0) is 0 Å². The SMILES string of the molecule is CC(N)c1ccc(SCCN2CCCC2)cc1. The highest BCUT2D eigenvalue weighted by atomic mass is 32.2. The van der Waals surface area contributed by atoms with Crippen molar-refractivity contribution < 1.29 is 0 Å². The molecule has 1 aliphatic heterocycles. The lowest BCUT2D eigenvalue weighted by Gasteiger charge is -2.13. The van der Waals surface area contributed by atoms with E-state index in [4.69, 9.17) is 5.73 Å². The van der Waals surface area contributed by atoms with Gasteiger partial charge in [0.25, 0.3) is 0 Å². The zero-order valence-corrected chi connectivity index (χ0v) is 11.4. The predicted octanol–water partition coefficient (Wildman–Crippen LogP) is 2.89. The highest BCUT2D eigenvalue weighted by molar-refractivity contribution is 7.99. The van der Waals surface area contributed by atoms with E-state index in [1.807, 2.05) is 18.7 Å². The van der Waals surface area contributed by atoms with Crippen molar-refractivity contribution in [1.29, 1.82) is 0 Å². The molecular formula is C14H22N2S. The van der Waals surface area contributed by atoms with Crippen LogP contribution in [0.15, 0.2) is 29.2 Å². The number of benzene rings is 1. The van der Waals surface area contributed by atoms with Crippen LogP contribution in [-0.4, -0.2) is 30.3 Å². The van der Waals surface area contributed by atoms with Gasteiger partial charge in [0.2, 0.25) is 0 Å². The van der Waals surface area contributed by atoms with E-state index in [0.717, 1.165) is 0 Å². The Hall–Kier alpha value is -0.510. The van der Waals surface area contributed by atoms with Crippen LogP contribution in [0.2, 0.25) is 0 Å². The summed E-state index contributed by atoms with van der Waals surface area (Å²) in [6.45, 7) is 5.84. The molecule has 0 radical (unpaired) electrons. The van der Waals surface area contributed by atoms with Crippen LogP contribution in [0.25, 0.3) is 0 Å². The first kappa shape index (κ1) is 12.9. The second-order valence-corrected chi connectivity index (χ2v) is 5.92. The Kier molecular flexibility index (Phi) is 4.89. The molecule has 2 rings (SSSR count). The fourth-order valence-electron chi connectivity index (χ4n) is 2.17. The summed E-state index contributed by atoms with van der Waals surface area (Å²) in [7, 11) is 0. The van der Waals surface area contributed by atoms with E-state index in [-0.39, 0.29) is 6.04 Å². The average molecular weight is 250 g/mol. The zero-order chi connectivity index (χ0) is 12.1. The van der Waals surface area contributed by atoms with Gasteiger partial charge in [-0.2, -0.15) is 0 Å². The minimum absolute atomic E-state index is 0.138. The number of likely N-dealkylation sites (tertiary alicyclic amines) is 1. The van der Waals surface area contributed by atoms with Crippen molar-refractivity contribution in [1.82, 2.24) is 4.90 Å². The fraction of sp³-hybridized carbons (Fsp3) is 0.571.